The van der Waals surface area contributed by atoms with Crippen molar-refractivity contribution in [3.63, 3.8) is 0 Å². The lowest BCUT2D eigenvalue weighted by molar-refractivity contribution is 0.0526. The monoisotopic (exact) mass is 540 g/mol. The fourth-order valence-corrected chi connectivity index (χ4v) is 6.10. The van der Waals surface area contributed by atoms with Gasteiger partial charge >= 0.3 is 5.97 Å². The zero-order chi connectivity index (χ0) is 21.1. The van der Waals surface area contributed by atoms with E-state index in [4.69, 9.17) is 4.74 Å². The second-order valence-electron chi connectivity index (χ2n) is 6.93. The average Bonchev–Trinajstić information content (AvgIpc) is 3.32. The Bertz CT molecular complexity index is 1070. The number of anilines is 1. The maximum Gasteiger partial charge on any atom is 0.341 e. The molecule has 0 spiro atoms. The minimum atomic E-state index is -0.367. The number of hydrogen-bond acceptors (Lipinski definition) is 6. The van der Waals surface area contributed by atoms with Crippen LogP contribution in [0, 0.1) is 0 Å². The summed E-state index contributed by atoms with van der Waals surface area (Å²) >= 11 is 6.23. The molecule has 0 atom stereocenters. The highest BCUT2D eigenvalue weighted by Gasteiger charge is 2.29. The summed E-state index contributed by atoms with van der Waals surface area (Å²) < 4.78 is 6.19. The molecule has 0 bridgehead atoms. The number of hydrogen-bond donors (Lipinski definition) is 1. The number of carbonyl (C=O) groups is 2. The lowest BCUT2D eigenvalue weighted by Gasteiger charge is -2.27. The molecule has 1 N–H and O–H groups in total. The molecule has 0 saturated heterocycles. The van der Waals surface area contributed by atoms with Crippen molar-refractivity contribution < 1.29 is 14.3 Å². The molecule has 1 aliphatic rings. The Morgan fingerprint density at radius 1 is 1.16 bits per heavy atom. The first-order valence-electron chi connectivity index (χ1n) is 9.69. The molecule has 0 unspecified atom stereocenters. The number of thiophene rings is 2. The first-order valence-corrected chi connectivity index (χ1v) is 12.1. The van der Waals surface area contributed by atoms with Gasteiger partial charge in [0.15, 0.2) is 0 Å². The van der Waals surface area contributed by atoms with E-state index in [2.05, 4.69) is 38.3 Å². The number of nitrogens with one attached hydrogen (secondary N) is 1. The first kappa shape index (κ1) is 23.9. The quantitative estimate of drug-likeness (QED) is 0.390. The number of ether oxygens (including phenoxy) is 1. The number of halogens is 2. The summed E-state index contributed by atoms with van der Waals surface area (Å²) in [6.45, 7) is 4.56. The lowest BCUT2D eigenvalue weighted by atomic mass is 10.0. The van der Waals surface area contributed by atoms with Crippen LogP contribution in [0.2, 0.25) is 0 Å². The largest absolute Gasteiger partial charge is 0.462 e. The smallest absolute Gasteiger partial charge is 0.341 e. The van der Waals surface area contributed by atoms with Crippen LogP contribution in [0.5, 0.6) is 0 Å². The molecular weight excluding hydrogens is 520 g/mol. The highest BCUT2D eigenvalue weighted by atomic mass is 79.9. The number of amides is 1. The van der Waals surface area contributed by atoms with Gasteiger partial charge in [0.05, 0.1) is 20.8 Å². The van der Waals surface area contributed by atoms with Crippen LogP contribution in [0.1, 0.15) is 43.0 Å². The fourth-order valence-electron chi connectivity index (χ4n) is 3.54. The van der Waals surface area contributed by atoms with Gasteiger partial charge in [-0.25, -0.2) is 4.79 Å². The van der Waals surface area contributed by atoms with Gasteiger partial charge in [-0.3, -0.25) is 9.69 Å². The van der Waals surface area contributed by atoms with Gasteiger partial charge in [0.1, 0.15) is 5.00 Å². The molecule has 0 saturated carbocycles. The van der Waals surface area contributed by atoms with E-state index in [1.54, 1.807) is 13.0 Å². The van der Waals surface area contributed by atoms with E-state index >= 15 is 0 Å². The summed E-state index contributed by atoms with van der Waals surface area (Å²) in [5.41, 5.74) is 2.78. The standard InChI is InChI=1S/C22H21BrN2O3S2.ClH/c1-2-28-22(27)19-15-10-11-25(12-14-6-4-3-5-7-14)13-17(15)30-21(19)24-20(26)16-8-9-18(23)29-16;/h3-9H,2,10-13H2,1H3,(H,24,26);1H. The molecule has 5 nitrogen and oxygen atoms in total. The van der Waals surface area contributed by atoms with Crippen molar-refractivity contribution in [1.29, 1.82) is 0 Å². The zero-order valence-electron chi connectivity index (χ0n) is 16.9. The maximum absolute atomic E-state index is 12.7. The Balaban J connectivity index is 0.00000272. The Hall–Kier alpha value is -1.71. The summed E-state index contributed by atoms with van der Waals surface area (Å²) in [5.74, 6) is -0.579. The van der Waals surface area contributed by atoms with Crippen molar-refractivity contribution in [3.8, 4) is 0 Å². The van der Waals surface area contributed by atoms with Crippen molar-refractivity contribution in [2.75, 3.05) is 18.5 Å². The summed E-state index contributed by atoms with van der Waals surface area (Å²) in [6.07, 6.45) is 0.757. The third kappa shape index (κ3) is 5.56. The predicted octanol–water partition coefficient (Wildman–Crippen LogP) is 5.98. The van der Waals surface area contributed by atoms with Crippen LogP contribution in [0.3, 0.4) is 0 Å². The Morgan fingerprint density at radius 3 is 2.61 bits per heavy atom. The van der Waals surface area contributed by atoms with E-state index in [0.29, 0.717) is 22.0 Å². The third-order valence-corrected chi connectivity index (χ3v) is 7.64. The second-order valence-corrected chi connectivity index (χ2v) is 10.5. The highest BCUT2D eigenvalue weighted by Crippen LogP contribution is 2.38. The highest BCUT2D eigenvalue weighted by molar-refractivity contribution is 9.11. The van der Waals surface area contributed by atoms with E-state index in [0.717, 1.165) is 40.3 Å². The minimum absolute atomic E-state index is 0. The van der Waals surface area contributed by atoms with E-state index in [1.807, 2.05) is 24.3 Å². The van der Waals surface area contributed by atoms with Gasteiger partial charge in [-0.1, -0.05) is 30.3 Å². The number of benzene rings is 1. The van der Waals surface area contributed by atoms with E-state index in [9.17, 15) is 9.59 Å². The molecule has 3 heterocycles. The molecule has 0 fully saturated rings. The van der Waals surface area contributed by atoms with Crippen molar-refractivity contribution in [3.05, 3.63) is 72.7 Å². The van der Waals surface area contributed by atoms with Crippen LogP contribution >= 0.6 is 51.0 Å². The number of nitrogens with zero attached hydrogens (tertiary/aromatic N) is 1. The van der Waals surface area contributed by atoms with Crippen LogP contribution in [0.4, 0.5) is 5.00 Å². The molecule has 0 radical (unpaired) electrons. The molecular formula is C22H22BrClN2O3S2. The fraction of sp³-hybridized carbons (Fsp3) is 0.273. The Kier molecular flexibility index (Phi) is 8.30. The van der Waals surface area contributed by atoms with Gasteiger partial charge in [0, 0.05) is 24.5 Å². The van der Waals surface area contributed by atoms with Crippen LogP contribution < -0.4 is 5.32 Å². The van der Waals surface area contributed by atoms with Crippen molar-refractivity contribution >= 4 is 67.9 Å². The molecule has 1 aromatic carbocycles. The number of carbonyl (C=O) groups excluding carboxylic acids is 2. The molecule has 9 heteroatoms. The second kappa shape index (κ2) is 10.7. The van der Waals surface area contributed by atoms with E-state index < -0.39 is 0 Å². The predicted molar refractivity (Wildman–Crippen MR) is 132 cm³/mol. The van der Waals surface area contributed by atoms with Crippen molar-refractivity contribution in [2.45, 2.75) is 26.4 Å². The Labute approximate surface area is 204 Å². The van der Waals surface area contributed by atoms with Gasteiger partial charge in [0.25, 0.3) is 5.91 Å². The number of fused-ring (bicyclic) bond motifs is 1. The molecule has 164 valence electrons. The van der Waals surface area contributed by atoms with Gasteiger partial charge in [-0.2, -0.15) is 0 Å². The van der Waals surface area contributed by atoms with Gasteiger partial charge in [-0.05, 0) is 52.5 Å². The van der Waals surface area contributed by atoms with Crippen LogP contribution in [-0.2, 0) is 24.2 Å². The topological polar surface area (TPSA) is 58.6 Å². The molecule has 4 rings (SSSR count). The van der Waals surface area contributed by atoms with Gasteiger partial charge in [0.2, 0.25) is 0 Å². The van der Waals surface area contributed by atoms with Crippen LogP contribution in [-0.4, -0.2) is 29.9 Å². The molecule has 3 aromatic rings. The van der Waals surface area contributed by atoms with E-state index in [1.165, 1.54) is 28.2 Å². The van der Waals surface area contributed by atoms with Crippen molar-refractivity contribution in [1.82, 2.24) is 4.90 Å². The van der Waals surface area contributed by atoms with Crippen LogP contribution in [0.15, 0.2) is 46.3 Å². The molecule has 1 aliphatic heterocycles. The summed E-state index contributed by atoms with van der Waals surface area (Å²) in [6, 6.07) is 14.0. The van der Waals surface area contributed by atoms with Crippen molar-refractivity contribution in [2.24, 2.45) is 0 Å². The molecule has 0 aliphatic carbocycles. The number of esters is 1. The summed E-state index contributed by atoms with van der Waals surface area (Å²) in [5, 5.41) is 3.53. The summed E-state index contributed by atoms with van der Waals surface area (Å²) in [4.78, 5) is 29.5. The Morgan fingerprint density at radius 2 is 1.94 bits per heavy atom. The van der Waals surface area contributed by atoms with Crippen LogP contribution in [0.25, 0.3) is 0 Å². The minimum Gasteiger partial charge on any atom is -0.462 e. The molecule has 1 amide bonds. The first-order chi connectivity index (χ1) is 14.5. The average molecular weight is 542 g/mol. The van der Waals surface area contributed by atoms with Gasteiger partial charge < -0.3 is 10.1 Å². The zero-order valence-corrected chi connectivity index (χ0v) is 20.9. The maximum atomic E-state index is 12.7. The third-order valence-electron chi connectivity index (χ3n) is 4.89. The SMILES string of the molecule is CCOC(=O)c1c(NC(=O)c2ccc(Br)s2)sc2c1CCN(Cc1ccccc1)C2.Cl. The normalized spacial score (nSPS) is 13.2. The van der Waals surface area contributed by atoms with Gasteiger partial charge in [-0.15, -0.1) is 35.1 Å². The molecule has 31 heavy (non-hydrogen) atoms. The van der Waals surface area contributed by atoms with E-state index in [-0.39, 0.29) is 24.3 Å². The number of rotatable bonds is 6. The molecule has 2 aromatic heterocycles. The lowest BCUT2D eigenvalue weighted by Crippen LogP contribution is -2.29. The summed E-state index contributed by atoms with van der Waals surface area (Å²) in [7, 11) is 0.